The summed E-state index contributed by atoms with van der Waals surface area (Å²) in [6, 6.07) is 22.9. The van der Waals surface area contributed by atoms with Gasteiger partial charge in [-0.05, 0) is 62.1 Å². The second-order valence-electron chi connectivity index (χ2n) is 12.6. The van der Waals surface area contributed by atoms with Crippen molar-refractivity contribution in [3.8, 4) is 0 Å². The zero-order chi connectivity index (χ0) is 34.2. The van der Waals surface area contributed by atoms with E-state index < -0.39 is 63.6 Å². The maximum Gasteiger partial charge on any atom is 0.408 e. The van der Waals surface area contributed by atoms with Gasteiger partial charge in [0.1, 0.15) is 28.5 Å². The van der Waals surface area contributed by atoms with Crippen LogP contribution in [0.4, 0.5) is 14.9 Å². The summed E-state index contributed by atoms with van der Waals surface area (Å²) < 4.78 is 39.7. The largest absolute Gasteiger partial charge is 0.448 e. The Morgan fingerprint density at radius 1 is 0.958 bits per heavy atom. The second-order valence-corrected chi connectivity index (χ2v) is 14.1. The number of nitrogens with one attached hydrogen (secondary N) is 1. The highest BCUT2D eigenvalue weighted by Gasteiger charge is 2.58. The van der Waals surface area contributed by atoms with Crippen LogP contribution in [-0.4, -0.2) is 62.3 Å². The Kier molecular flexibility index (Phi) is 9.02. The smallest absolute Gasteiger partial charge is 0.408 e. The fourth-order valence-corrected chi connectivity index (χ4v) is 7.58. The lowest BCUT2D eigenvalue weighted by atomic mass is 10.00. The van der Waals surface area contributed by atoms with Crippen molar-refractivity contribution in [1.82, 2.24) is 10.2 Å². The van der Waals surface area contributed by atoms with Crippen LogP contribution in [0.5, 0.6) is 0 Å². The summed E-state index contributed by atoms with van der Waals surface area (Å²) in [5.41, 5.74) is 0.886. The molecule has 2 saturated heterocycles. The first-order valence-electron chi connectivity index (χ1n) is 15.4. The Hall–Kier alpha value is -5.10. The highest BCUT2D eigenvalue weighted by atomic mass is 32.2. The van der Waals surface area contributed by atoms with Crippen molar-refractivity contribution in [2.75, 3.05) is 17.2 Å². The van der Waals surface area contributed by atoms with Gasteiger partial charge in [-0.25, -0.2) is 14.0 Å². The van der Waals surface area contributed by atoms with E-state index in [0.717, 1.165) is 4.90 Å². The van der Waals surface area contributed by atoms with E-state index in [4.69, 9.17) is 9.47 Å². The van der Waals surface area contributed by atoms with E-state index in [-0.39, 0.29) is 41.2 Å². The van der Waals surface area contributed by atoms with Gasteiger partial charge in [0.05, 0.1) is 22.2 Å². The molecule has 3 aliphatic heterocycles. The molecule has 3 unspecified atom stereocenters. The summed E-state index contributed by atoms with van der Waals surface area (Å²) in [5, 5.41) is 1.42. The van der Waals surface area contributed by atoms with Gasteiger partial charge >= 0.3 is 12.1 Å². The van der Waals surface area contributed by atoms with Crippen molar-refractivity contribution in [2.24, 2.45) is 0 Å². The lowest BCUT2D eigenvalue weighted by Gasteiger charge is -2.49. The number of ether oxygens (including phenoxy) is 2. The number of nitrogens with zero attached hydrogens (tertiary/aromatic N) is 2. The number of β-lactam (4-membered cyclic amide) rings is 1. The van der Waals surface area contributed by atoms with Crippen molar-refractivity contribution in [3.05, 3.63) is 125 Å². The average Bonchev–Trinajstić information content (AvgIpc) is 3.41. The van der Waals surface area contributed by atoms with Gasteiger partial charge in [0.25, 0.3) is 11.8 Å². The number of benzene rings is 3. The fraction of sp³-hybridized carbons (Fsp3) is 0.278. The first-order chi connectivity index (χ1) is 22.9. The number of esters is 1. The van der Waals surface area contributed by atoms with E-state index in [2.05, 4.69) is 5.32 Å². The predicted octanol–water partition coefficient (Wildman–Crippen LogP) is 4.90. The molecule has 3 heterocycles. The maximum atomic E-state index is 14.6. The zero-order valence-corrected chi connectivity index (χ0v) is 27.4. The Bertz CT molecular complexity index is 1820. The van der Waals surface area contributed by atoms with Gasteiger partial charge in [0.15, 0.2) is 6.10 Å². The van der Waals surface area contributed by atoms with Crippen LogP contribution in [-0.2, 0) is 34.7 Å². The normalized spacial score (nSPS) is 21.7. The van der Waals surface area contributed by atoms with E-state index >= 15 is 0 Å². The number of anilines is 1. The molecule has 0 bridgehead atoms. The summed E-state index contributed by atoms with van der Waals surface area (Å²) in [6.07, 6.45) is -0.0429. The van der Waals surface area contributed by atoms with Crippen LogP contribution in [0.3, 0.4) is 0 Å². The number of carbonyl (C=O) groups excluding carboxylic acids is 4. The highest BCUT2D eigenvalue weighted by Crippen LogP contribution is 2.39. The molecule has 0 saturated carbocycles. The Balaban J connectivity index is 1.38. The van der Waals surface area contributed by atoms with Gasteiger partial charge in [0, 0.05) is 12.1 Å². The number of alkyl carbamates (subject to hydrolysis) is 1. The van der Waals surface area contributed by atoms with Crippen LogP contribution >= 0.6 is 0 Å². The minimum absolute atomic E-state index is 0.120. The predicted molar refractivity (Wildman–Crippen MR) is 176 cm³/mol. The van der Waals surface area contributed by atoms with Crippen LogP contribution in [0.15, 0.2) is 108 Å². The fourth-order valence-electron chi connectivity index (χ4n) is 5.95. The molecule has 3 aromatic carbocycles. The number of allylic oxidation sites excluding steroid dienone is 1. The van der Waals surface area contributed by atoms with Crippen LogP contribution in [0.25, 0.3) is 0 Å². The molecule has 12 heteroatoms. The summed E-state index contributed by atoms with van der Waals surface area (Å²) in [5.74, 6) is -2.78. The minimum atomic E-state index is -1.79. The number of amides is 3. The Labute approximate surface area is 279 Å². The first-order valence-corrected chi connectivity index (χ1v) is 16.8. The number of para-hydroxylation sites is 1. The highest BCUT2D eigenvalue weighted by molar-refractivity contribution is 7.86. The number of hydrogen-bond donors (Lipinski definition) is 1. The molecule has 3 aliphatic rings. The number of carbonyl (C=O) groups is 4. The first kappa shape index (κ1) is 32.8. The van der Waals surface area contributed by atoms with Crippen molar-refractivity contribution in [1.29, 1.82) is 0 Å². The third kappa shape index (κ3) is 6.52. The third-order valence-corrected chi connectivity index (χ3v) is 9.68. The molecular formula is C36H34FN3O7S. The molecule has 0 spiro atoms. The molecule has 1 N–H and O–H groups in total. The molecule has 6 rings (SSSR count). The van der Waals surface area contributed by atoms with Gasteiger partial charge in [-0.3, -0.25) is 18.7 Å². The number of fused-ring (bicyclic) bond motifs is 1. The summed E-state index contributed by atoms with van der Waals surface area (Å²) in [6.45, 7) is 5.21. The van der Waals surface area contributed by atoms with E-state index in [0.29, 0.717) is 11.1 Å². The van der Waals surface area contributed by atoms with E-state index in [1.807, 2.05) is 60.7 Å². The van der Waals surface area contributed by atoms with E-state index in [1.165, 1.54) is 29.2 Å². The molecule has 3 atom stereocenters. The molecule has 0 radical (unpaired) electrons. The van der Waals surface area contributed by atoms with Crippen molar-refractivity contribution in [3.63, 3.8) is 0 Å². The molecule has 3 amide bonds. The molecule has 2 fully saturated rings. The van der Waals surface area contributed by atoms with Crippen LogP contribution in [0.2, 0.25) is 0 Å². The minimum Gasteiger partial charge on any atom is -0.448 e. The van der Waals surface area contributed by atoms with Gasteiger partial charge in [-0.15, -0.1) is 0 Å². The van der Waals surface area contributed by atoms with Crippen molar-refractivity contribution < 1.29 is 37.3 Å². The molecule has 0 aliphatic carbocycles. The van der Waals surface area contributed by atoms with Gasteiger partial charge in [0.2, 0.25) is 0 Å². The molecule has 10 nitrogen and oxygen atoms in total. The topological polar surface area (TPSA) is 122 Å². The number of hydrogen-bond acceptors (Lipinski definition) is 7. The van der Waals surface area contributed by atoms with Crippen LogP contribution in [0.1, 0.15) is 44.4 Å². The van der Waals surface area contributed by atoms with Gasteiger partial charge < -0.3 is 19.7 Å². The van der Waals surface area contributed by atoms with Crippen molar-refractivity contribution in [2.45, 2.75) is 50.3 Å². The average molecular weight is 672 g/mol. The summed E-state index contributed by atoms with van der Waals surface area (Å²) in [4.78, 5) is 56.3. The molecule has 48 heavy (non-hydrogen) atoms. The van der Waals surface area contributed by atoms with Crippen LogP contribution in [0, 0.1) is 5.82 Å². The number of rotatable bonds is 7. The standard InChI is InChI=1S/C36H34FN3O7S/c1-36(2,3)47-35(44)38-28-32(42)40-29(34(43)46-30(22-12-6-4-7-13-22)23-14-8-5-9-15-23)25(21-48(45)33(28)40)20-24-18-19-39(31(24)41)27-17-11-10-16-26(27)37/h4-17,20,28,30,33H,18-19,21H2,1-3H3,(H,38,44)/b24-20+. The van der Waals surface area contributed by atoms with Gasteiger partial charge in [-0.2, -0.15) is 0 Å². The van der Waals surface area contributed by atoms with E-state index in [1.54, 1.807) is 26.8 Å². The van der Waals surface area contributed by atoms with Crippen molar-refractivity contribution >= 4 is 40.4 Å². The Morgan fingerprint density at radius 2 is 1.56 bits per heavy atom. The van der Waals surface area contributed by atoms with Crippen LogP contribution < -0.4 is 10.2 Å². The SMILES string of the molecule is CC(C)(C)OC(=O)NC1C(=O)N2C(C(=O)OC(c3ccccc3)c3ccccc3)=C(/C=C3\CCN(c4ccccc4F)C3=O)CS(=O)C12. The molecule has 3 aromatic rings. The monoisotopic (exact) mass is 671 g/mol. The lowest BCUT2D eigenvalue weighted by molar-refractivity contribution is -0.153. The molecule has 0 aromatic heterocycles. The molecular weight excluding hydrogens is 637 g/mol. The second kappa shape index (κ2) is 13.2. The summed E-state index contributed by atoms with van der Waals surface area (Å²) in [7, 11) is -1.79. The lowest BCUT2D eigenvalue weighted by Crippen LogP contribution is -2.73. The Morgan fingerprint density at radius 3 is 2.17 bits per heavy atom. The quantitative estimate of drug-likeness (QED) is 0.216. The van der Waals surface area contributed by atoms with E-state index in [9.17, 15) is 27.8 Å². The van der Waals surface area contributed by atoms with Gasteiger partial charge in [-0.1, -0.05) is 72.8 Å². The molecule has 248 valence electrons. The zero-order valence-electron chi connectivity index (χ0n) is 26.6. The summed E-state index contributed by atoms with van der Waals surface area (Å²) >= 11 is 0. The third-order valence-electron chi connectivity index (χ3n) is 8.07. The maximum absolute atomic E-state index is 14.6. The number of halogens is 1.